The molecule has 7 nitrogen and oxygen atoms in total. The lowest BCUT2D eigenvalue weighted by molar-refractivity contribution is 0.253. The molecule has 4 rings (SSSR count). The number of allylic oxidation sites excluding steroid dienone is 1. The van der Waals surface area contributed by atoms with E-state index in [1.165, 1.54) is 44.3 Å². The molecule has 35 heavy (non-hydrogen) atoms. The Morgan fingerprint density at radius 2 is 1.89 bits per heavy atom. The van der Waals surface area contributed by atoms with Crippen LogP contribution in [0.1, 0.15) is 44.3 Å². The Kier molecular flexibility index (Phi) is 7.98. The van der Waals surface area contributed by atoms with Crippen LogP contribution >= 0.6 is 0 Å². The highest BCUT2D eigenvalue weighted by atomic mass is 19.1. The molecule has 3 heterocycles. The number of amidine groups is 1. The fourth-order valence-corrected chi connectivity index (χ4v) is 5.07. The number of nitriles is 1. The lowest BCUT2D eigenvalue weighted by Crippen LogP contribution is -2.34. The van der Waals surface area contributed by atoms with Crippen molar-refractivity contribution < 1.29 is 4.39 Å². The van der Waals surface area contributed by atoms with Crippen LogP contribution in [0.2, 0.25) is 0 Å². The van der Waals surface area contributed by atoms with Crippen LogP contribution in [0.25, 0.3) is 11.3 Å². The van der Waals surface area contributed by atoms with E-state index >= 15 is 0 Å². The number of hydrogen-bond acceptors (Lipinski definition) is 5. The Morgan fingerprint density at radius 3 is 2.51 bits per heavy atom. The Bertz CT molecular complexity index is 1130. The zero-order valence-electron chi connectivity index (χ0n) is 20.5. The number of imidazole rings is 1. The topological polar surface area (TPSA) is 86.5 Å². The number of piperidine rings is 1. The molecule has 1 aromatic carbocycles. The predicted octanol–water partition coefficient (Wildman–Crippen LogP) is 4.26. The maximum atomic E-state index is 13.5. The number of halogens is 1. The summed E-state index contributed by atoms with van der Waals surface area (Å²) in [5, 5.41) is 9.60. The molecular formula is C27H34FN7. The van der Waals surface area contributed by atoms with Gasteiger partial charge in [0.25, 0.3) is 0 Å². The minimum atomic E-state index is -0.242. The first-order valence-electron chi connectivity index (χ1n) is 12.4. The normalized spacial score (nSPS) is 18.4. The minimum Gasteiger partial charge on any atom is -0.383 e. The first-order valence-corrected chi connectivity index (χ1v) is 12.4. The molecule has 184 valence electrons. The second kappa shape index (κ2) is 11.3. The van der Waals surface area contributed by atoms with E-state index in [1.807, 2.05) is 6.92 Å². The van der Waals surface area contributed by atoms with Crippen LogP contribution in [-0.4, -0.2) is 57.9 Å². The molecule has 0 saturated carbocycles. The van der Waals surface area contributed by atoms with Crippen molar-refractivity contribution in [2.75, 3.05) is 32.7 Å². The number of hydrogen-bond donors (Lipinski definition) is 1. The first-order chi connectivity index (χ1) is 17.0. The van der Waals surface area contributed by atoms with Crippen LogP contribution in [0.4, 0.5) is 4.39 Å². The van der Waals surface area contributed by atoms with E-state index in [0.717, 1.165) is 61.8 Å². The van der Waals surface area contributed by atoms with E-state index in [4.69, 9.17) is 10.7 Å². The lowest BCUT2D eigenvalue weighted by Gasteiger charge is -2.34. The van der Waals surface area contributed by atoms with Crippen molar-refractivity contribution in [1.29, 1.82) is 5.26 Å². The van der Waals surface area contributed by atoms with E-state index in [1.54, 1.807) is 12.1 Å². The lowest BCUT2D eigenvalue weighted by atomic mass is 9.95. The zero-order valence-corrected chi connectivity index (χ0v) is 20.5. The van der Waals surface area contributed by atoms with Gasteiger partial charge in [0.1, 0.15) is 29.1 Å². The molecule has 0 unspecified atom stereocenters. The summed E-state index contributed by atoms with van der Waals surface area (Å²) in [7, 11) is 0. The molecule has 0 amide bonds. The van der Waals surface area contributed by atoms with Crippen LogP contribution < -0.4 is 5.73 Å². The number of aliphatic imine (C=N–C) groups is 1. The summed E-state index contributed by atoms with van der Waals surface area (Å²) in [4.78, 5) is 13.7. The van der Waals surface area contributed by atoms with Gasteiger partial charge in [-0.05, 0) is 70.0 Å². The molecular weight excluding hydrogens is 441 g/mol. The summed E-state index contributed by atoms with van der Waals surface area (Å²) in [5.41, 5.74) is 9.03. The highest BCUT2D eigenvalue weighted by molar-refractivity contribution is 6.01. The third kappa shape index (κ3) is 5.80. The summed E-state index contributed by atoms with van der Waals surface area (Å²) in [6.07, 6.45) is 7.88. The molecule has 0 spiro atoms. The number of likely N-dealkylation sites (tertiary alicyclic amines) is 2. The van der Waals surface area contributed by atoms with Gasteiger partial charge in [-0.15, -0.1) is 0 Å². The maximum absolute atomic E-state index is 13.5. The number of aromatic nitrogens is 2. The summed E-state index contributed by atoms with van der Waals surface area (Å²) >= 11 is 0. The van der Waals surface area contributed by atoms with Crippen molar-refractivity contribution >= 4 is 5.84 Å². The largest absolute Gasteiger partial charge is 0.383 e. The van der Waals surface area contributed by atoms with Gasteiger partial charge in [0.05, 0.1) is 5.69 Å². The van der Waals surface area contributed by atoms with Crippen molar-refractivity contribution in [2.24, 2.45) is 10.7 Å². The van der Waals surface area contributed by atoms with Gasteiger partial charge in [-0.3, -0.25) is 0 Å². The number of nitrogens with zero attached hydrogens (tertiary/aromatic N) is 6. The molecule has 0 bridgehead atoms. The third-order valence-electron chi connectivity index (χ3n) is 7.10. The number of rotatable bonds is 8. The fraction of sp³-hybridized carbons (Fsp3) is 0.444. The Labute approximate surface area is 207 Å². The van der Waals surface area contributed by atoms with Gasteiger partial charge < -0.3 is 20.1 Å². The molecule has 0 aliphatic carbocycles. The Balaban J connectivity index is 1.53. The predicted molar refractivity (Wildman–Crippen MR) is 137 cm³/mol. The van der Waals surface area contributed by atoms with Gasteiger partial charge in [-0.2, -0.15) is 5.26 Å². The molecule has 1 aromatic heterocycles. The van der Waals surface area contributed by atoms with Crippen LogP contribution in [0.15, 0.2) is 59.5 Å². The third-order valence-corrected chi connectivity index (χ3v) is 7.10. The first kappa shape index (κ1) is 24.7. The van der Waals surface area contributed by atoms with Gasteiger partial charge in [0, 0.05) is 55.8 Å². The van der Waals surface area contributed by atoms with Crippen molar-refractivity contribution in [2.45, 2.75) is 45.1 Å². The second-order valence-corrected chi connectivity index (χ2v) is 9.26. The van der Waals surface area contributed by atoms with Gasteiger partial charge >= 0.3 is 0 Å². The van der Waals surface area contributed by atoms with Crippen LogP contribution in [0, 0.1) is 17.1 Å². The second-order valence-electron chi connectivity index (χ2n) is 9.26. The highest BCUT2D eigenvalue weighted by Crippen LogP contribution is 2.32. The highest BCUT2D eigenvalue weighted by Gasteiger charge is 2.27. The van der Waals surface area contributed by atoms with Gasteiger partial charge in [-0.25, -0.2) is 14.4 Å². The van der Waals surface area contributed by atoms with Crippen molar-refractivity contribution in [1.82, 2.24) is 19.4 Å². The molecule has 2 N–H and O–H groups in total. The molecule has 0 radical (unpaired) electrons. The summed E-state index contributed by atoms with van der Waals surface area (Å²) in [6.45, 7) is 11.4. The quantitative estimate of drug-likeness (QED) is 0.350. The fourth-order valence-electron chi connectivity index (χ4n) is 5.07. The van der Waals surface area contributed by atoms with E-state index in [2.05, 4.69) is 38.2 Å². The van der Waals surface area contributed by atoms with Crippen LogP contribution in [0.5, 0.6) is 0 Å². The van der Waals surface area contributed by atoms with Crippen LogP contribution in [0.3, 0.4) is 0 Å². The molecule has 0 atom stereocenters. The summed E-state index contributed by atoms with van der Waals surface area (Å²) in [6, 6.07) is 8.75. The monoisotopic (exact) mass is 475 g/mol. The Morgan fingerprint density at radius 1 is 1.20 bits per heavy atom. The molecule has 2 fully saturated rings. The smallest absolute Gasteiger partial charge is 0.143 e. The van der Waals surface area contributed by atoms with Crippen molar-refractivity contribution in [3.63, 3.8) is 0 Å². The minimum absolute atomic E-state index is 0.198. The van der Waals surface area contributed by atoms with Crippen LogP contribution in [-0.2, 0) is 6.54 Å². The van der Waals surface area contributed by atoms with Gasteiger partial charge in [0.15, 0.2) is 0 Å². The van der Waals surface area contributed by atoms with E-state index in [-0.39, 0.29) is 11.7 Å². The van der Waals surface area contributed by atoms with E-state index in [0.29, 0.717) is 11.5 Å². The van der Waals surface area contributed by atoms with E-state index < -0.39 is 0 Å². The maximum Gasteiger partial charge on any atom is 0.143 e. The summed E-state index contributed by atoms with van der Waals surface area (Å²) in [5.74, 6) is 1.37. The van der Waals surface area contributed by atoms with Gasteiger partial charge in [-0.1, -0.05) is 6.58 Å². The molecule has 2 saturated heterocycles. The average molecular weight is 476 g/mol. The van der Waals surface area contributed by atoms with Crippen molar-refractivity contribution in [3.8, 4) is 17.3 Å². The van der Waals surface area contributed by atoms with Gasteiger partial charge in [0.2, 0.25) is 0 Å². The van der Waals surface area contributed by atoms with Crippen molar-refractivity contribution in [3.05, 3.63) is 66.2 Å². The molecule has 2 aliphatic rings. The zero-order chi connectivity index (χ0) is 24.8. The summed E-state index contributed by atoms with van der Waals surface area (Å²) < 4.78 is 15.8. The number of benzene rings is 1. The molecule has 2 aliphatic heterocycles. The average Bonchev–Trinajstić information content (AvgIpc) is 3.54. The SMILES string of the molecule is C=C/N=C(N)\C(C#N)=C(/C)N1CCC(c2nc(-c3ccc(F)cc3)cn2CCN2CCCC2)CC1. The Hall–Kier alpha value is -3.44. The molecule has 2 aromatic rings. The van der Waals surface area contributed by atoms with E-state index in [9.17, 15) is 9.65 Å². The molecule has 8 heteroatoms. The standard InChI is InChI=1S/C27H34FN7/c1-3-31-26(30)24(18-29)20(2)34-14-10-22(11-15-34)27-32-25(21-6-8-23(28)9-7-21)19-35(27)17-16-33-12-4-5-13-33/h3,6-9,19,22H,1,4-5,10-17H2,2H3,(H2,30,31)/b24-20+. The number of nitrogens with two attached hydrogens (primary N) is 1.